The largest absolute Gasteiger partial charge is 0.486 e. The number of ether oxygens (including phenoxy) is 1. The highest BCUT2D eigenvalue weighted by Gasteiger charge is 2.26. The maximum Gasteiger partial charge on any atom is 0.138 e. The molecule has 1 aromatic carbocycles. The van der Waals surface area contributed by atoms with Gasteiger partial charge in [-0.05, 0) is 24.3 Å². The maximum absolute atomic E-state index is 12.6. The van der Waals surface area contributed by atoms with E-state index in [2.05, 4.69) is 5.32 Å². The van der Waals surface area contributed by atoms with Crippen molar-refractivity contribution >= 4 is 0 Å². The molecular weight excluding hydrogens is 185 g/mol. The van der Waals surface area contributed by atoms with Crippen molar-refractivity contribution in [1.82, 2.24) is 5.32 Å². The first-order chi connectivity index (χ1) is 6.75. The quantitative estimate of drug-likeness (QED) is 0.727. The van der Waals surface area contributed by atoms with Gasteiger partial charge < -0.3 is 15.2 Å². The summed E-state index contributed by atoms with van der Waals surface area (Å²) in [5.41, 5.74) is 0. The zero-order chi connectivity index (χ0) is 9.97. The number of rotatable bonds is 2. The zero-order valence-electron chi connectivity index (χ0n) is 7.61. The van der Waals surface area contributed by atoms with Crippen molar-refractivity contribution in [2.24, 2.45) is 0 Å². The summed E-state index contributed by atoms with van der Waals surface area (Å²) in [7, 11) is 0. The monoisotopic (exact) mass is 197 g/mol. The highest BCUT2D eigenvalue weighted by molar-refractivity contribution is 5.22. The van der Waals surface area contributed by atoms with Crippen LogP contribution in [0.5, 0.6) is 5.75 Å². The van der Waals surface area contributed by atoms with Gasteiger partial charge in [-0.15, -0.1) is 0 Å². The van der Waals surface area contributed by atoms with Crippen LogP contribution in [0.3, 0.4) is 0 Å². The van der Waals surface area contributed by atoms with E-state index in [0.29, 0.717) is 18.8 Å². The van der Waals surface area contributed by atoms with E-state index < -0.39 is 6.10 Å². The molecule has 2 N–H and O–H groups in total. The van der Waals surface area contributed by atoms with E-state index in [1.807, 2.05) is 0 Å². The molecule has 2 atom stereocenters. The topological polar surface area (TPSA) is 41.5 Å². The Kier molecular flexibility index (Phi) is 2.65. The first kappa shape index (κ1) is 9.43. The van der Waals surface area contributed by atoms with E-state index in [1.54, 1.807) is 12.1 Å². The standard InChI is InChI=1S/C10H12FNO2/c11-7-1-3-8(4-2-7)14-10-6-12-5-9(10)13/h1-4,9-10,12-13H,5-6H2/t9-,10-/m1/s1. The lowest BCUT2D eigenvalue weighted by Crippen LogP contribution is -2.29. The fraction of sp³-hybridized carbons (Fsp3) is 0.400. The van der Waals surface area contributed by atoms with Gasteiger partial charge in [0.2, 0.25) is 0 Å². The fourth-order valence-electron chi connectivity index (χ4n) is 1.45. The zero-order valence-corrected chi connectivity index (χ0v) is 7.61. The first-order valence-corrected chi connectivity index (χ1v) is 4.57. The molecular formula is C10H12FNO2. The number of aliphatic hydroxyl groups excluding tert-OH is 1. The number of aliphatic hydroxyl groups is 1. The molecule has 14 heavy (non-hydrogen) atoms. The third-order valence-electron chi connectivity index (χ3n) is 2.23. The molecule has 0 radical (unpaired) electrons. The van der Waals surface area contributed by atoms with Crippen LogP contribution in [-0.4, -0.2) is 30.4 Å². The second-order valence-corrected chi connectivity index (χ2v) is 3.34. The summed E-state index contributed by atoms with van der Waals surface area (Å²) < 4.78 is 18.0. The predicted molar refractivity (Wildman–Crippen MR) is 49.7 cm³/mol. The second-order valence-electron chi connectivity index (χ2n) is 3.34. The molecule has 0 spiro atoms. The number of benzene rings is 1. The molecule has 0 aromatic heterocycles. The summed E-state index contributed by atoms with van der Waals surface area (Å²) in [4.78, 5) is 0. The van der Waals surface area contributed by atoms with Crippen molar-refractivity contribution in [2.45, 2.75) is 12.2 Å². The molecule has 0 aliphatic carbocycles. The van der Waals surface area contributed by atoms with Crippen molar-refractivity contribution < 1.29 is 14.2 Å². The van der Waals surface area contributed by atoms with Crippen LogP contribution in [-0.2, 0) is 0 Å². The molecule has 1 aliphatic rings. The van der Waals surface area contributed by atoms with Crippen LogP contribution in [0.25, 0.3) is 0 Å². The Labute approximate surface area is 81.5 Å². The second kappa shape index (κ2) is 3.94. The number of halogens is 1. The van der Waals surface area contributed by atoms with E-state index in [1.165, 1.54) is 12.1 Å². The third kappa shape index (κ3) is 2.02. The molecule has 0 unspecified atom stereocenters. The number of nitrogens with one attached hydrogen (secondary N) is 1. The van der Waals surface area contributed by atoms with Gasteiger partial charge in [0.1, 0.15) is 23.8 Å². The SMILES string of the molecule is O[C@@H]1CNC[C@H]1Oc1ccc(F)cc1. The van der Waals surface area contributed by atoms with E-state index in [0.717, 1.165) is 0 Å². The van der Waals surface area contributed by atoms with Crippen LogP contribution < -0.4 is 10.1 Å². The number of hydrogen-bond acceptors (Lipinski definition) is 3. The molecule has 0 bridgehead atoms. The molecule has 3 nitrogen and oxygen atoms in total. The van der Waals surface area contributed by atoms with E-state index in [9.17, 15) is 9.50 Å². The molecule has 1 heterocycles. The summed E-state index contributed by atoms with van der Waals surface area (Å²) in [6, 6.07) is 5.79. The summed E-state index contributed by atoms with van der Waals surface area (Å²) in [5.74, 6) is 0.293. The Bertz CT molecular complexity index is 301. The summed E-state index contributed by atoms with van der Waals surface area (Å²) in [6.45, 7) is 1.17. The normalized spacial score (nSPS) is 26.4. The summed E-state index contributed by atoms with van der Waals surface area (Å²) in [5, 5.41) is 12.4. The van der Waals surface area contributed by atoms with Crippen LogP contribution in [0.1, 0.15) is 0 Å². The van der Waals surface area contributed by atoms with Crippen molar-refractivity contribution in [1.29, 1.82) is 0 Å². The fourth-order valence-corrected chi connectivity index (χ4v) is 1.45. The number of β-amino-alcohol motifs (C(OH)–C–C–N with tert-alkyl or cyclic N) is 1. The van der Waals surface area contributed by atoms with Crippen molar-refractivity contribution in [2.75, 3.05) is 13.1 Å². The smallest absolute Gasteiger partial charge is 0.138 e. The molecule has 4 heteroatoms. The Morgan fingerprint density at radius 2 is 2.00 bits per heavy atom. The Balaban J connectivity index is 2.00. The van der Waals surface area contributed by atoms with Gasteiger partial charge in [0.15, 0.2) is 0 Å². The summed E-state index contributed by atoms with van der Waals surface area (Å²) in [6.07, 6.45) is -0.722. The van der Waals surface area contributed by atoms with Crippen LogP contribution >= 0.6 is 0 Å². The Morgan fingerprint density at radius 3 is 2.57 bits per heavy atom. The van der Waals surface area contributed by atoms with Crippen molar-refractivity contribution in [3.05, 3.63) is 30.1 Å². The van der Waals surface area contributed by atoms with Gasteiger partial charge in [0, 0.05) is 13.1 Å². The van der Waals surface area contributed by atoms with Gasteiger partial charge in [0.05, 0.1) is 0 Å². The van der Waals surface area contributed by atoms with Crippen molar-refractivity contribution in [3.8, 4) is 5.75 Å². The van der Waals surface area contributed by atoms with E-state index >= 15 is 0 Å². The average Bonchev–Trinajstić information content (AvgIpc) is 2.56. The van der Waals surface area contributed by atoms with Crippen LogP contribution in [0.15, 0.2) is 24.3 Å². The molecule has 0 saturated carbocycles. The maximum atomic E-state index is 12.6. The van der Waals surface area contributed by atoms with Crippen LogP contribution in [0.2, 0.25) is 0 Å². The minimum absolute atomic E-state index is 0.236. The van der Waals surface area contributed by atoms with Gasteiger partial charge in [0.25, 0.3) is 0 Å². The van der Waals surface area contributed by atoms with Gasteiger partial charge in [-0.1, -0.05) is 0 Å². The minimum atomic E-state index is -0.486. The summed E-state index contributed by atoms with van der Waals surface area (Å²) >= 11 is 0. The molecule has 76 valence electrons. The van der Waals surface area contributed by atoms with Crippen molar-refractivity contribution in [3.63, 3.8) is 0 Å². The molecule has 1 aromatic rings. The highest BCUT2D eigenvalue weighted by Crippen LogP contribution is 2.15. The first-order valence-electron chi connectivity index (χ1n) is 4.57. The molecule has 1 fully saturated rings. The lowest BCUT2D eigenvalue weighted by Gasteiger charge is -2.15. The lowest BCUT2D eigenvalue weighted by molar-refractivity contribution is 0.0737. The Hall–Kier alpha value is -1.13. The Morgan fingerprint density at radius 1 is 1.29 bits per heavy atom. The average molecular weight is 197 g/mol. The van der Waals surface area contributed by atoms with Crippen LogP contribution in [0, 0.1) is 5.82 Å². The van der Waals surface area contributed by atoms with Gasteiger partial charge in [-0.25, -0.2) is 4.39 Å². The van der Waals surface area contributed by atoms with Gasteiger partial charge in [-0.2, -0.15) is 0 Å². The van der Waals surface area contributed by atoms with E-state index in [-0.39, 0.29) is 11.9 Å². The predicted octanol–water partition coefficient (Wildman–Crippen LogP) is 0.537. The number of hydrogen-bond donors (Lipinski definition) is 2. The third-order valence-corrected chi connectivity index (χ3v) is 2.23. The lowest BCUT2D eigenvalue weighted by atomic mass is 10.2. The minimum Gasteiger partial charge on any atom is -0.486 e. The van der Waals surface area contributed by atoms with Gasteiger partial charge in [-0.3, -0.25) is 0 Å². The molecule has 0 amide bonds. The highest BCUT2D eigenvalue weighted by atomic mass is 19.1. The van der Waals surface area contributed by atoms with E-state index in [4.69, 9.17) is 4.74 Å². The van der Waals surface area contributed by atoms with Crippen LogP contribution in [0.4, 0.5) is 4.39 Å². The molecule has 1 aliphatic heterocycles. The van der Waals surface area contributed by atoms with Gasteiger partial charge >= 0.3 is 0 Å². The molecule has 1 saturated heterocycles. The molecule has 2 rings (SSSR count).